The Morgan fingerprint density at radius 3 is 2.26 bits per heavy atom. The quantitative estimate of drug-likeness (QED) is 0.625. The van der Waals surface area contributed by atoms with Crippen LogP contribution in [0, 0.1) is 0 Å². The zero-order valence-electron chi connectivity index (χ0n) is 17.6. The van der Waals surface area contributed by atoms with E-state index in [0.29, 0.717) is 11.3 Å². The number of nitrogens with zero attached hydrogens (tertiary/aromatic N) is 1. The number of amides is 1. The van der Waals surface area contributed by atoms with Gasteiger partial charge in [-0.3, -0.25) is 4.79 Å². The molecule has 1 aliphatic carbocycles. The first kappa shape index (κ1) is 23.0. The lowest BCUT2D eigenvalue weighted by Gasteiger charge is -2.33. The second kappa shape index (κ2) is 10.5. The van der Waals surface area contributed by atoms with Gasteiger partial charge in [-0.1, -0.05) is 37.5 Å². The number of benzene rings is 2. The summed E-state index contributed by atoms with van der Waals surface area (Å²) in [5.74, 6) is -0.855. The van der Waals surface area contributed by atoms with Crippen molar-refractivity contribution in [3.05, 3.63) is 60.2 Å². The van der Waals surface area contributed by atoms with Gasteiger partial charge in [0.25, 0.3) is 0 Å². The normalized spacial score (nSPS) is 14.9. The second-order valence-electron chi connectivity index (χ2n) is 7.50. The summed E-state index contributed by atoms with van der Waals surface area (Å²) in [4.78, 5) is 24.7. The predicted octanol–water partition coefficient (Wildman–Crippen LogP) is 3.83. The summed E-state index contributed by atoms with van der Waals surface area (Å²) in [6.07, 6.45) is 4.46. The van der Waals surface area contributed by atoms with Crippen molar-refractivity contribution < 1.29 is 22.7 Å². The molecular formula is C23H28N2O5S. The zero-order chi connectivity index (χ0) is 22.3. The number of anilines is 1. The number of nitrogens with one attached hydrogen (secondary N) is 1. The molecule has 0 atom stereocenters. The lowest BCUT2D eigenvalue weighted by atomic mass is 9.95. The first-order chi connectivity index (χ1) is 14.9. The smallest absolute Gasteiger partial charge is 0.338 e. The van der Waals surface area contributed by atoms with Crippen molar-refractivity contribution in [1.29, 1.82) is 0 Å². The highest BCUT2D eigenvalue weighted by molar-refractivity contribution is 7.89. The maximum Gasteiger partial charge on any atom is 0.338 e. The molecule has 0 bridgehead atoms. The average Bonchev–Trinajstić information content (AvgIpc) is 2.79. The number of ether oxygens (including phenoxy) is 1. The van der Waals surface area contributed by atoms with E-state index < -0.39 is 21.9 Å². The molecule has 1 amide bonds. The van der Waals surface area contributed by atoms with E-state index >= 15 is 0 Å². The fourth-order valence-electron chi connectivity index (χ4n) is 3.75. The van der Waals surface area contributed by atoms with Crippen LogP contribution in [0.25, 0.3) is 0 Å². The monoisotopic (exact) mass is 444 g/mol. The van der Waals surface area contributed by atoms with Crippen molar-refractivity contribution in [2.24, 2.45) is 0 Å². The van der Waals surface area contributed by atoms with Gasteiger partial charge in [0.15, 0.2) is 0 Å². The number of sulfonamides is 1. The third-order valence-electron chi connectivity index (χ3n) is 5.31. The largest absolute Gasteiger partial charge is 0.462 e. The van der Waals surface area contributed by atoms with Crippen LogP contribution in [0.3, 0.4) is 0 Å². The maximum atomic E-state index is 13.3. The minimum Gasteiger partial charge on any atom is -0.462 e. The number of carbonyl (C=O) groups is 2. The molecule has 0 saturated heterocycles. The third kappa shape index (κ3) is 5.92. The van der Waals surface area contributed by atoms with Crippen molar-refractivity contribution in [1.82, 2.24) is 4.31 Å². The Hall–Kier alpha value is -2.71. The number of carbonyl (C=O) groups excluding carboxylic acids is 2. The molecule has 0 heterocycles. The molecular weight excluding hydrogens is 416 g/mol. The topological polar surface area (TPSA) is 92.8 Å². The van der Waals surface area contributed by atoms with Gasteiger partial charge in [0.2, 0.25) is 15.9 Å². The predicted molar refractivity (Wildman–Crippen MR) is 118 cm³/mol. The lowest BCUT2D eigenvalue weighted by Crippen LogP contribution is -2.45. The Morgan fingerprint density at radius 1 is 1.00 bits per heavy atom. The van der Waals surface area contributed by atoms with Gasteiger partial charge in [0.1, 0.15) is 0 Å². The summed E-state index contributed by atoms with van der Waals surface area (Å²) in [5.41, 5.74) is 0.870. The van der Waals surface area contributed by atoms with E-state index in [1.165, 1.54) is 4.31 Å². The highest BCUT2D eigenvalue weighted by Crippen LogP contribution is 2.27. The van der Waals surface area contributed by atoms with Gasteiger partial charge in [0, 0.05) is 11.7 Å². The molecule has 7 nitrogen and oxygen atoms in total. The summed E-state index contributed by atoms with van der Waals surface area (Å²) >= 11 is 0. The highest BCUT2D eigenvalue weighted by Gasteiger charge is 2.33. The second-order valence-corrected chi connectivity index (χ2v) is 9.39. The molecule has 1 saturated carbocycles. The molecule has 0 spiro atoms. The molecule has 1 fully saturated rings. The number of hydrogen-bond donors (Lipinski definition) is 1. The van der Waals surface area contributed by atoms with Crippen LogP contribution in [-0.2, 0) is 19.6 Å². The van der Waals surface area contributed by atoms with Crippen LogP contribution in [0.15, 0.2) is 59.5 Å². The van der Waals surface area contributed by atoms with Crippen LogP contribution in [0.1, 0.15) is 49.4 Å². The van der Waals surface area contributed by atoms with Gasteiger partial charge in [-0.25, -0.2) is 13.2 Å². The summed E-state index contributed by atoms with van der Waals surface area (Å²) in [6, 6.07) is 14.3. The van der Waals surface area contributed by atoms with Crippen molar-refractivity contribution in [3.63, 3.8) is 0 Å². The summed E-state index contributed by atoms with van der Waals surface area (Å²) in [6.45, 7) is 1.75. The standard InChI is InChI=1S/C23H28N2O5S/c1-2-30-23(27)18-13-15-19(16-14-18)24-22(26)17-25(20-9-5-3-6-10-20)31(28,29)21-11-7-4-8-12-21/h4,7-8,11-16,20H,2-3,5-6,9-10,17H2,1H3,(H,24,26). The van der Waals surface area contributed by atoms with E-state index in [4.69, 9.17) is 4.74 Å². The van der Waals surface area contributed by atoms with E-state index in [1.54, 1.807) is 61.5 Å². The first-order valence-electron chi connectivity index (χ1n) is 10.6. The van der Waals surface area contributed by atoms with Crippen molar-refractivity contribution in [2.75, 3.05) is 18.5 Å². The van der Waals surface area contributed by atoms with Crippen LogP contribution in [0.2, 0.25) is 0 Å². The molecule has 31 heavy (non-hydrogen) atoms. The number of esters is 1. The van der Waals surface area contributed by atoms with E-state index in [1.807, 2.05) is 0 Å². The summed E-state index contributed by atoms with van der Waals surface area (Å²) in [5, 5.41) is 2.74. The molecule has 0 radical (unpaired) electrons. The van der Waals surface area contributed by atoms with Gasteiger partial charge in [-0.15, -0.1) is 0 Å². The van der Waals surface area contributed by atoms with Crippen LogP contribution in [0.4, 0.5) is 5.69 Å². The molecule has 2 aromatic carbocycles. The van der Waals surface area contributed by atoms with Crippen molar-refractivity contribution in [3.8, 4) is 0 Å². The number of hydrogen-bond acceptors (Lipinski definition) is 5. The Morgan fingerprint density at radius 2 is 1.65 bits per heavy atom. The van der Waals surface area contributed by atoms with E-state index in [-0.39, 0.29) is 24.1 Å². The van der Waals surface area contributed by atoms with Gasteiger partial charge >= 0.3 is 5.97 Å². The zero-order valence-corrected chi connectivity index (χ0v) is 18.4. The first-order valence-corrected chi connectivity index (χ1v) is 12.0. The molecule has 0 aromatic heterocycles. The van der Waals surface area contributed by atoms with E-state index in [0.717, 1.165) is 32.1 Å². The minimum atomic E-state index is -3.80. The Kier molecular flexibility index (Phi) is 7.81. The summed E-state index contributed by atoms with van der Waals surface area (Å²) < 4.78 is 32.9. The molecule has 8 heteroatoms. The van der Waals surface area contributed by atoms with Crippen LogP contribution < -0.4 is 5.32 Å². The Labute approximate surface area is 183 Å². The summed E-state index contributed by atoms with van der Waals surface area (Å²) in [7, 11) is -3.80. The minimum absolute atomic E-state index is 0.187. The molecule has 0 unspecified atom stereocenters. The fraction of sp³-hybridized carbons (Fsp3) is 0.391. The highest BCUT2D eigenvalue weighted by atomic mass is 32.2. The average molecular weight is 445 g/mol. The third-order valence-corrected chi connectivity index (χ3v) is 7.22. The molecule has 2 aromatic rings. The fourth-order valence-corrected chi connectivity index (χ4v) is 5.42. The van der Waals surface area contributed by atoms with Gasteiger partial charge in [0.05, 0.1) is 23.6 Å². The van der Waals surface area contributed by atoms with Crippen LogP contribution in [-0.4, -0.2) is 43.8 Å². The molecule has 166 valence electrons. The van der Waals surface area contributed by atoms with Gasteiger partial charge in [-0.2, -0.15) is 4.31 Å². The maximum absolute atomic E-state index is 13.3. The van der Waals surface area contributed by atoms with Crippen molar-refractivity contribution >= 4 is 27.6 Å². The molecule has 1 aliphatic rings. The van der Waals surface area contributed by atoms with E-state index in [2.05, 4.69) is 5.32 Å². The molecule has 1 N–H and O–H groups in total. The van der Waals surface area contributed by atoms with E-state index in [9.17, 15) is 18.0 Å². The number of rotatable bonds is 8. The van der Waals surface area contributed by atoms with Crippen LogP contribution >= 0.6 is 0 Å². The SMILES string of the molecule is CCOC(=O)c1ccc(NC(=O)CN(C2CCCCC2)S(=O)(=O)c2ccccc2)cc1. The van der Waals surface area contributed by atoms with Gasteiger partial charge in [-0.05, 0) is 56.2 Å². The van der Waals surface area contributed by atoms with Gasteiger partial charge < -0.3 is 10.1 Å². The molecule has 3 rings (SSSR count). The van der Waals surface area contributed by atoms with Crippen molar-refractivity contribution in [2.45, 2.75) is 50.0 Å². The lowest BCUT2D eigenvalue weighted by molar-refractivity contribution is -0.116. The Bertz CT molecular complexity index is 984. The van der Waals surface area contributed by atoms with Crippen LogP contribution in [0.5, 0.6) is 0 Å². The molecule has 0 aliphatic heterocycles. The Balaban J connectivity index is 1.75.